The molecular formula is C24H20F6N2O2. The zero-order valence-corrected chi connectivity index (χ0v) is 18.0. The number of halogens is 6. The third-order valence-corrected chi connectivity index (χ3v) is 5.51. The summed E-state index contributed by atoms with van der Waals surface area (Å²) in [4.78, 5) is 12.6. The molecule has 0 aromatic heterocycles. The Labute approximate surface area is 191 Å². The Balaban J connectivity index is 1.93. The number of nitriles is 1. The number of rotatable bonds is 6. The van der Waals surface area contributed by atoms with E-state index >= 15 is 0 Å². The second kappa shape index (κ2) is 9.41. The van der Waals surface area contributed by atoms with E-state index in [1.54, 1.807) is 37.3 Å². The van der Waals surface area contributed by atoms with Gasteiger partial charge in [-0.3, -0.25) is 4.79 Å². The lowest BCUT2D eigenvalue weighted by atomic mass is 9.76. The molecule has 1 amide bonds. The first-order valence-electron chi connectivity index (χ1n) is 10.3. The molecule has 2 aromatic carbocycles. The summed E-state index contributed by atoms with van der Waals surface area (Å²) in [6, 6.07) is 12.8. The minimum absolute atomic E-state index is 0.0314. The number of carbonyl (C=O) groups excluding carboxylic acids is 1. The highest BCUT2D eigenvalue weighted by atomic mass is 19.4. The van der Waals surface area contributed by atoms with Crippen LogP contribution >= 0.6 is 0 Å². The smallest absolute Gasteiger partial charge is 0.416 e. The molecule has 1 N–H and O–H groups in total. The third-order valence-electron chi connectivity index (χ3n) is 5.51. The molecule has 180 valence electrons. The number of nitrogens with one attached hydrogen (secondary N) is 1. The van der Waals surface area contributed by atoms with Gasteiger partial charge in [0.15, 0.2) is 5.54 Å². The van der Waals surface area contributed by atoms with Crippen LogP contribution in [0.1, 0.15) is 36.0 Å². The van der Waals surface area contributed by atoms with Gasteiger partial charge in [-0.15, -0.1) is 0 Å². The molecule has 0 aliphatic carbocycles. The summed E-state index contributed by atoms with van der Waals surface area (Å²) in [7, 11) is 0. The molecule has 0 saturated heterocycles. The zero-order valence-electron chi connectivity index (χ0n) is 18.0. The number of carbonyl (C=O) groups is 1. The summed E-state index contributed by atoms with van der Waals surface area (Å²) in [5, 5.41) is 11.4. The van der Waals surface area contributed by atoms with Crippen molar-refractivity contribution in [2.24, 2.45) is 0 Å². The van der Waals surface area contributed by atoms with E-state index in [1.807, 2.05) is 5.32 Å². The van der Waals surface area contributed by atoms with E-state index in [0.29, 0.717) is 5.56 Å². The second-order valence-electron chi connectivity index (χ2n) is 7.96. The topological polar surface area (TPSA) is 62.1 Å². The summed E-state index contributed by atoms with van der Waals surface area (Å²) < 4.78 is 85.2. The molecule has 10 heteroatoms. The molecule has 1 heterocycles. The van der Waals surface area contributed by atoms with Crippen LogP contribution in [-0.2, 0) is 10.3 Å². The van der Waals surface area contributed by atoms with E-state index in [9.17, 15) is 36.4 Å². The summed E-state index contributed by atoms with van der Waals surface area (Å²) >= 11 is 0. The van der Waals surface area contributed by atoms with Crippen molar-refractivity contribution >= 4 is 11.5 Å². The number of ether oxygens (including phenoxy) is 1. The Morgan fingerprint density at radius 2 is 1.65 bits per heavy atom. The van der Waals surface area contributed by atoms with E-state index in [1.165, 1.54) is 12.1 Å². The van der Waals surface area contributed by atoms with Gasteiger partial charge in [0.05, 0.1) is 6.61 Å². The van der Waals surface area contributed by atoms with Gasteiger partial charge in [-0.25, -0.2) is 0 Å². The fourth-order valence-corrected chi connectivity index (χ4v) is 3.72. The van der Waals surface area contributed by atoms with E-state index in [-0.39, 0.29) is 29.9 Å². The maximum Gasteiger partial charge on any atom is 0.416 e. The molecule has 0 fully saturated rings. The first-order chi connectivity index (χ1) is 15.9. The molecule has 1 atom stereocenters. The number of amides is 1. The minimum Gasteiger partial charge on any atom is -0.494 e. The predicted molar refractivity (Wildman–Crippen MR) is 111 cm³/mol. The molecule has 0 saturated carbocycles. The van der Waals surface area contributed by atoms with Crippen molar-refractivity contribution in [2.45, 2.75) is 44.1 Å². The number of aryl methyl sites for hydroxylation is 1. The molecular weight excluding hydrogens is 462 g/mol. The van der Waals surface area contributed by atoms with Gasteiger partial charge in [-0.2, -0.15) is 31.6 Å². The molecule has 0 bridgehead atoms. The number of benzene rings is 2. The number of hydrogen-bond acceptors (Lipinski definition) is 3. The van der Waals surface area contributed by atoms with Crippen LogP contribution in [0.2, 0.25) is 0 Å². The first kappa shape index (κ1) is 25.1. The van der Waals surface area contributed by atoms with Crippen molar-refractivity contribution in [3.8, 4) is 11.8 Å². The average molecular weight is 482 g/mol. The Bertz CT molecular complexity index is 1110. The fourth-order valence-electron chi connectivity index (χ4n) is 3.72. The predicted octanol–water partition coefficient (Wildman–Crippen LogP) is 5.97. The minimum atomic E-state index is -4.92. The van der Waals surface area contributed by atoms with Crippen LogP contribution in [0.4, 0.5) is 26.3 Å². The van der Waals surface area contributed by atoms with Crippen LogP contribution in [0.15, 0.2) is 54.1 Å². The molecule has 0 spiro atoms. The molecule has 34 heavy (non-hydrogen) atoms. The van der Waals surface area contributed by atoms with Gasteiger partial charge in [0.25, 0.3) is 5.91 Å². The zero-order chi connectivity index (χ0) is 25.1. The monoisotopic (exact) mass is 482 g/mol. The number of hydrogen-bond donors (Lipinski definition) is 1. The van der Waals surface area contributed by atoms with Gasteiger partial charge in [-0.1, -0.05) is 42.0 Å². The third kappa shape index (κ3) is 5.35. The number of alkyl halides is 6. The molecule has 1 aliphatic rings. The molecule has 0 radical (unpaired) electrons. The Morgan fingerprint density at radius 1 is 1.03 bits per heavy atom. The maximum absolute atomic E-state index is 14.4. The largest absolute Gasteiger partial charge is 0.494 e. The average Bonchev–Trinajstić information content (AvgIpc) is 2.75. The van der Waals surface area contributed by atoms with E-state index in [4.69, 9.17) is 4.74 Å². The summed E-state index contributed by atoms with van der Waals surface area (Å²) in [5.74, 6) is -1.05. The van der Waals surface area contributed by atoms with Crippen molar-refractivity contribution in [3.63, 3.8) is 0 Å². The SMILES string of the molecule is Cc1ccc(C2=C(C#N)C(=O)N[C@](c3ccc(OCCCC(F)(F)F)cc3)(C(F)(F)F)C2)cc1. The lowest BCUT2D eigenvalue weighted by Crippen LogP contribution is -2.58. The second-order valence-corrected chi connectivity index (χ2v) is 7.96. The first-order valence-corrected chi connectivity index (χ1v) is 10.3. The van der Waals surface area contributed by atoms with Crippen molar-refractivity contribution in [1.29, 1.82) is 5.26 Å². The van der Waals surface area contributed by atoms with Gasteiger partial charge in [0.1, 0.15) is 17.4 Å². The highest BCUT2D eigenvalue weighted by molar-refractivity contribution is 6.07. The Morgan fingerprint density at radius 3 is 2.18 bits per heavy atom. The Hall–Kier alpha value is -3.48. The van der Waals surface area contributed by atoms with Crippen LogP contribution in [0, 0.1) is 18.3 Å². The highest BCUT2D eigenvalue weighted by Gasteiger charge is 2.59. The summed E-state index contributed by atoms with van der Waals surface area (Å²) in [6.45, 7) is 1.54. The van der Waals surface area contributed by atoms with Crippen LogP contribution in [0.3, 0.4) is 0 Å². The Kier molecular flexibility index (Phi) is 6.96. The fraction of sp³-hybridized carbons (Fsp3) is 0.333. The number of nitrogens with zero attached hydrogens (tertiary/aromatic N) is 1. The standard InChI is InChI=1S/C24H20F6N2O2/c1-15-3-5-16(6-4-15)19-13-22(24(28,29)30,32-21(33)20(19)14-31)17-7-9-18(10-8-17)34-12-2-11-23(25,26)27/h3-10H,2,11-13H2,1H3,(H,32,33)/t22-/m1/s1. The molecule has 0 unspecified atom stereocenters. The normalized spacial score (nSPS) is 18.9. The van der Waals surface area contributed by atoms with Crippen LogP contribution in [0.5, 0.6) is 5.75 Å². The van der Waals surface area contributed by atoms with Crippen molar-refractivity contribution < 1.29 is 35.9 Å². The van der Waals surface area contributed by atoms with E-state index < -0.39 is 42.2 Å². The van der Waals surface area contributed by atoms with Crippen LogP contribution in [0.25, 0.3) is 5.57 Å². The lowest BCUT2D eigenvalue weighted by molar-refractivity contribution is -0.201. The molecule has 4 nitrogen and oxygen atoms in total. The van der Waals surface area contributed by atoms with Crippen LogP contribution < -0.4 is 10.1 Å². The summed E-state index contributed by atoms with van der Waals surface area (Å²) in [5.41, 5.74) is -2.34. The maximum atomic E-state index is 14.4. The lowest BCUT2D eigenvalue weighted by Gasteiger charge is -2.40. The van der Waals surface area contributed by atoms with Crippen LogP contribution in [-0.4, -0.2) is 24.9 Å². The van der Waals surface area contributed by atoms with Gasteiger partial charge < -0.3 is 10.1 Å². The van der Waals surface area contributed by atoms with Crippen molar-refractivity contribution in [1.82, 2.24) is 5.32 Å². The van der Waals surface area contributed by atoms with Crippen molar-refractivity contribution in [2.75, 3.05) is 6.61 Å². The van der Waals surface area contributed by atoms with Gasteiger partial charge in [0.2, 0.25) is 0 Å². The van der Waals surface area contributed by atoms with Gasteiger partial charge >= 0.3 is 12.4 Å². The van der Waals surface area contributed by atoms with Gasteiger partial charge in [0, 0.05) is 12.8 Å². The quantitative estimate of drug-likeness (QED) is 0.408. The van der Waals surface area contributed by atoms with E-state index in [0.717, 1.165) is 17.7 Å². The summed E-state index contributed by atoms with van der Waals surface area (Å²) in [6.07, 6.45) is -11.3. The molecule has 3 rings (SSSR count). The van der Waals surface area contributed by atoms with E-state index in [2.05, 4.69) is 0 Å². The molecule has 1 aliphatic heterocycles. The van der Waals surface area contributed by atoms with Gasteiger partial charge in [-0.05, 0) is 42.2 Å². The van der Waals surface area contributed by atoms with Crippen molar-refractivity contribution in [3.05, 3.63) is 70.8 Å². The highest BCUT2D eigenvalue weighted by Crippen LogP contribution is 2.48. The molecule has 2 aromatic rings.